The Hall–Kier alpha value is -1.75. The average molecular weight is 340 g/mol. The first kappa shape index (κ1) is 19.3. The Morgan fingerprint density at radius 2 is 1.78 bits per heavy atom. The topological polar surface area (TPSA) is 75.4 Å². The van der Waals surface area contributed by atoms with Crippen LogP contribution in [0.1, 0.15) is 32.3 Å². The third-order valence-electron chi connectivity index (χ3n) is 4.05. The fourth-order valence-electron chi connectivity index (χ4n) is 2.56. The lowest BCUT2D eigenvalue weighted by molar-refractivity contribution is -0.131. The first-order chi connectivity index (χ1) is 10.5. The molecule has 1 aliphatic rings. The third-order valence-corrected chi connectivity index (χ3v) is 4.05. The molecular weight excluding hydrogens is 314 g/mol. The summed E-state index contributed by atoms with van der Waals surface area (Å²) >= 11 is 0. The first-order valence-electron chi connectivity index (χ1n) is 7.88. The molecule has 0 aromatic heterocycles. The molecular formula is C17H26ClN3O2. The molecule has 0 saturated carbocycles. The maximum absolute atomic E-state index is 12.3. The molecule has 1 fully saturated rings. The van der Waals surface area contributed by atoms with Gasteiger partial charge >= 0.3 is 0 Å². The van der Waals surface area contributed by atoms with E-state index in [1.807, 2.05) is 43.0 Å². The van der Waals surface area contributed by atoms with Crippen LogP contribution in [-0.2, 0) is 16.0 Å². The summed E-state index contributed by atoms with van der Waals surface area (Å²) in [5.74, 6) is 0.232. The molecule has 0 aliphatic carbocycles. The number of amides is 2. The number of nitrogens with zero attached hydrogens (tertiary/aromatic N) is 1. The maximum atomic E-state index is 12.3. The van der Waals surface area contributed by atoms with Crippen molar-refractivity contribution < 1.29 is 9.59 Å². The molecule has 6 heteroatoms. The zero-order valence-electron chi connectivity index (χ0n) is 13.7. The lowest BCUT2D eigenvalue weighted by Gasteiger charge is -2.32. The van der Waals surface area contributed by atoms with Crippen LogP contribution in [0.4, 0.5) is 5.69 Å². The van der Waals surface area contributed by atoms with Crippen molar-refractivity contribution in [2.45, 2.75) is 39.2 Å². The van der Waals surface area contributed by atoms with Gasteiger partial charge < -0.3 is 16.0 Å². The minimum Gasteiger partial charge on any atom is -0.399 e. The number of benzene rings is 1. The minimum absolute atomic E-state index is 0. The van der Waals surface area contributed by atoms with Crippen LogP contribution in [-0.4, -0.2) is 35.8 Å². The number of anilines is 1. The van der Waals surface area contributed by atoms with Gasteiger partial charge in [-0.05, 0) is 30.5 Å². The number of carbonyl (C=O) groups excluding carboxylic acids is 2. The van der Waals surface area contributed by atoms with Gasteiger partial charge in [0.2, 0.25) is 11.8 Å². The standard InChI is InChI=1S/C17H25N3O2.ClH/c1-12(2)17(22)19-15-7-9-20(10-8-15)16(21)11-13-3-5-14(18)6-4-13;/h3-6,12,15H,7-11,18H2,1-2H3,(H,19,22);1H. The van der Waals surface area contributed by atoms with Crippen LogP contribution in [0.15, 0.2) is 24.3 Å². The Morgan fingerprint density at radius 1 is 1.22 bits per heavy atom. The van der Waals surface area contributed by atoms with Crippen LogP contribution < -0.4 is 11.1 Å². The average Bonchev–Trinajstić information content (AvgIpc) is 2.50. The minimum atomic E-state index is 0. The van der Waals surface area contributed by atoms with E-state index in [0.29, 0.717) is 25.2 Å². The molecule has 23 heavy (non-hydrogen) atoms. The SMILES string of the molecule is CC(C)C(=O)NC1CCN(C(=O)Cc2ccc(N)cc2)CC1.Cl. The van der Waals surface area contributed by atoms with E-state index in [1.165, 1.54) is 0 Å². The number of halogens is 1. The molecule has 3 N–H and O–H groups in total. The summed E-state index contributed by atoms with van der Waals surface area (Å²) in [6, 6.07) is 7.61. The zero-order valence-corrected chi connectivity index (χ0v) is 14.6. The summed E-state index contributed by atoms with van der Waals surface area (Å²) in [6.07, 6.45) is 2.06. The van der Waals surface area contributed by atoms with Crippen molar-refractivity contribution in [2.24, 2.45) is 5.92 Å². The van der Waals surface area contributed by atoms with Crippen molar-refractivity contribution in [3.05, 3.63) is 29.8 Å². The van der Waals surface area contributed by atoms with E-state index >= 15 is 0 Å². The molecule has 0 radical (unpaired) electrons. The Labute approximate surface area is 144 Å². The maximum Gasteiger partial charge on any atom is 0.226 e. The molecule has 0 bridgehead atoms. The van der Waals surface area contributed by atoms with E-state index in [9.17, 15) is 9.59 Å². The Balaban J connectivity index is 0.00000264. The number of piperidine rings is 1. The van der Waals surface area contributed by atoms with E-state index < -0.39 is 0 Å². The summed E-state index contributed by atoms with van der Waals surface area (Å²) < 4.78 is 0. The molecule has 1 aromatic rings. The first-order valence-corrected chi connectivity index (χ1v) is 7.88. The van der Waals surface area contributed by atoms with Crippen molar-refractivity contribution in [3.8, 4) is 0 Å². The van der Waals surface area contributed by atoms with Crippen LogP contribution in [0.2, 0.25) is 0 Å². The van der Waals surface area contributed by atoms with Crippen molar-refractivity contribution >= 4 is 29.9 Å². The quantitative estimate of drug-likeness (QED) is 0.824. The van der Waals surface area contributed by atoms with Gasteiger partial charge in [0.1, 0.15) is 0 Å². The van der Waals surface area contributed by atoms with Gasteiger partial charge in [0.15, 0.2) is 0 Å². The molecule has 128 valence electrons. The smallest absolute Gasteiger partial charge is 0.226 e. The highest BCUT2D eigenvalue weighted by molar-refractivity contribution is 5.85. The summed E-state index contributed by atoms with van der Waals surface area (Å²) in [4.78, 5) is 25.9. The van der Waals surface area contributed by atoms with Crippen molar-refractivity contribution in [3.63, 3.8) is 0 Å². The lowest BCUT2D eigenvalue weighted by Crippen LogP contribution is -2.47. The highest BCUT2D eigenvalue weighted by Gasteiger charge is 2.24. The van der Waals surface area contributed by atoms with Gasteiger partial charge in [0, 0.05) is 30.7 Å². The van der Waals surface area contributed by atoms with Crippen LogP contribution in [0.25, 0.3) is 0 Å². The normalized spacial score (nSPS) is 15.2. The second-order valence-electron chi connectivity index (χ2n) is 6.24. The Bertz CT molecular complexity index is 523. The summed E-state index contributed by atoms with van der Waals surface area (Å²) in [6.45, 7) is 5.19. The van der Waals surface area contributed by atoms with Gasteiger partial charge in [-0.15, -0.1) is 12.4 Å². The number of hydrogen-bond acceptors (Lipinski definition) is 3. The molecule has 1 heterocycles. The van der Waals surface area contributed by atoms with E-state index in [2.05, 4.69) is 5.32 Å². The molecule has 1 aromatic carbocycles. The highest BCUT2D eigenvalue weighted by atomic mass is 35.5. The van der Waals surface area contributed by atoms with Crippen LogP contribution in [0.3, 0.4) is 0 Å². The molecule has 2 amide bonds. The second kappa shape index (κ2) is 8.77. The highest BCUT2D eigenvalue weighted by Crippen LogP contribution is 2.14. The van der Waals surface area contributed by atoms with Gasteiger partial charge in [-0.3, -0.25) is 9.59 Å². The van der Waals surface area contributed by atoms with Gasteiger partial charge in [-0.25, -0.2) is 0 Å². The number of nitrogen functional groups attached to an aromatic ring is 1. The van der Waals surface area contributed by atoms with E-state index in [1.54, 1.807) is 0 Å². The van der Waals surface area contributed by atoms with Crippen LogP contribution in [0.5, 0.6) is 0 Å². The Kier molecular flexibility index (Phi) is 7.36. The summed E-state index contributed by atoms with van der Waals surface area (Å²) in [7, 11) is 0. The molecule has 1 saturated heterocycles. The molecule has 0 spiro atoms. The second-order valence-corrected chi connectivity index (χ2v) is 6.24. The third kappa shape index (κ3) is 5.75. The van der Waals surface area contributed by atoms with Crippen LogP contribution >= 0.6 is 12.4 Å². The van der Waals surface area contributed by atoms with Gasteiger partial charge in [-0.1, -0.05) is 26.0 Å². The molecule has 0 atom stereocenters. The number of nitrogens with one attached hydrogen (secondary N) is 1. The van der Waals surface area contributed by atoms with Gasteiger partial charge in [-0.2, -0.15) is 0 Å². The lowest BCUT2D eigenvalue weighted by atomic mass is 10.0. The molecule has 2 rings (SSSR count). The van der Waals surface area contributed by atoms with E-state index in [4.69, 9.17) is 5.73 Å². The van der Waals surface area contributed by atoms with Crippen molar-refractivity contribution in [2.75, 3.05) is 18.8 Å². The molecule has 1 aliphatic heterocycles. The van der Waals surface area contributed by atoms with Gasteiger partial charge in [0.25, 0.3) is 0 Å². The molecule has 0 unspecified atom stereocenters. The fraction of sp³-hybridized carbons (Fsp3) is 0.529. The monoisotopic (exact) mass is 339 g/mol. The number of carbonyl (C=O) groups is 2. The zero-order chi connectivity index (χ0) is 16.1. The van der Waals surface area contributed by atoms with E-state index in [0.717, 1.165) is 18.4 Å². The summed E-state index contributed by atoms with van der Waals surface area (Å²) in [5.41, 5.74) is 7.33. The van der Waals surface area contributed by atoms with Gasteiger partial charge in [0.05, 0.1) is 6.42 Å². The van der Waals surface area contributed by atoms with Crippen LogP contribution in [0, 0.1) is 5.92 Å². The molecule has 5 nitrogen and oxygen atoms in total. The fourth-order valence-corrected chi connectivity index (χ4v) is 2.56. The number of likely N-dealkylation sites (tertiary alicyclic amines) is 1. The van der Waals surface area contributed by atoms with Crippen molar-refractivity contribution in [1.82, 2.24) is 10.2 Å². The largest absolute Gasteiger partial charge is 0.399 e. The Morgan fingerprint density at radius 3 is 2.30 bits per heavy atom. The predicted octanol–water partition coefficient (Wildman–Crippen LogP) is 2.00. The summed E-state index contributed by atoms with van der Waals surface area (Å²) in [5, 5.41) is 3.04. The predicted molar refractivity (Wildman–Crippen MR) is 94.4 cm³/mol. The van der Waals surface area contributed by atoms with Crippen molar-refractivity contribution in [1.29, 1.82) is 0 Å². The number of hydrogen-bond donors (Lipinski definition) is 2. The number of rotatable bonds is 4. The van der Waals surface area contributed by atoms with E-state index in [-0.39, 0.29) is 36.2 Å². The number of nitrogens with two attached hydrogens (primary N) is 1.